The molecule has 1 N–H and O–H groups in total. The van der Waals surface area contributed by atoms with Gasteiger partial charge in [-0.1, -0.05) is 29.3 Å². The van der Waals surface area contributed by atoms with E-state index in [-0.39, 0.29) is 5.97 Å². The fraction of sp³-hybridized carbons (Fsp3) is 0.300. The van der Waals surface area contributed by atoms with Crippen LogP contribution in [0.1, 0.15) is 6.42 Å². The maximum atomic E-state index is 10.8. The summed E-state index contributed by atoms with van der Waals surface area (Å²) in [5, 5.41) is 3.95. The van der Waals surface area contributed by atoms with Gasteiger partial charge in [0, 0.05) is 6.54 Å². The first-order valence-corrected chi connectivity index (χ1v) is 5.15. The van der Waals surface area contributed by atoms with Crippen LogP contribution in [0.3, 0.4) is 0 Å². The minimum atomic E-state index is -0.263. The molecule has 0 spiro atoms. The number of halogens is 2. The summed E-state index contributed by atoms with van der Waals surface area (Å²) in [6.07, 6.45) is 0.291. The minimum absolute atomic E-state index is 0.263. The monoisotopic (exact) mass is 247 g/mol. The van der Waals surface area contributed by atoms with Gasteiger partial charge in [0.15, 0.2) is 0 Å². The lowest BCUT2D eigenvalue weighted by molar-refractivity contribution is -0.140. The molecule has 3 nitrogen and oxygen atoms in total. The number of methoxy groups -OCH3 is 1. The van der Waals surface area contributed by atoms with Crippen LogP contribution in [0.25, 0.3) is 0 Å². The third-order valence-electron chi connectivity index (χ3n) is 1.82. The maximum Gasteiger partial charge on any atom is 0.307 e. The summed E-state index contributed by atoms with van der Waals surface area (Å²) >= 11 is 11.8. The number of benzene rings is 1. The molecule has 0 radical (unpaired) electrons. The van der Waals surface area contributed by atoms with Crippen LogP contribution < -0.4 is 5.32 Å². The molecule has 0 heterocycles. The molecule has 0 saturated carbocycles. The van der Waals surface area contributed by atoms with Crippen LogP contribution in [0.4, 0.5) is 5.69 Å². The van der Waals surface area contributed by atoms with Gasteiger partial charge in [0.25, 0.3) is 0 Å². The highest BCUT2D eigenvalue weighted by molar-refractivity contribution is 6.43. The van der Waals surface area contributed by atoms with Crippen molar-refractivity contribution in [3.63, 3.8) is 0 Å². The van der Waals surface area contributed by atoms with Gasteiger partial charge in [0.2, 0.25) is 0 Å². The van der Waals surface area contributed by atoms with Gasteiger partial charge in [0.05, 0.1) is 29.3 Å². The minimum Gasteiger partial charge on any atom is -0.469 e. The molecule has 1 aromatic rings. The molecule has 0 fully saturated rings. The standard InChI is InChI=1S/C10H11Cl2NO2/c1-15-9(14)5-6-13-8-4-2-3-7(11)10(8)12/h2-4,13H,5-6H2,1H3. The summed E-state index contributed by atoms with van der Waals surface area (Å²) in [4.78, 5) is 10.8. The Morgan fingerprint density at radius 1 is 1.47 bits per heavy atom. The summed E-state index contributed by atoms with van der Waals surface area (Å²) in [5.74, 6) is -0.263. The topological polar surface area (TPSA) is 38.3 Å². The predicted octanol–water partition coefficient (Wildman–Crippen LogP) is 2.97. The number of carbonyl (C=O) groups excluding carboxylic acids is 1. The SMILES string of the molecule is COC(=O)CCNc1cccc(Cl)c1Cl. The first-order chi connectivity index (χ1) is 7.15. The van der Waals surface area contributed by atoms with Crippen molar-refractivity contribution in [2.24, 2.45) is 0 Å². The van der Waals surface area contributed by atoms with Crippen LogP contribution in [-0.4, -0.2) is 19.6 Å². The maximum absolute atomic E-state index is 10.8. The van der Waals surface area contributed by atoms with Crippen molar-refractivity contribution in [2.45, 2.75) is 6.42 Å². The van der Waals surface area contributed by atoms with Crippen molar-refractivity contribution in [3.05, 3.63) is 28.2 Å². The molecule has 0 aliphatic rings. The Morgan fingerprint density at radius 2 is 2.20 bits per heavy atom. The lowest BCUT2D eigenvalue weighted by atomic mass is 10.3. The van der Waals surface area contributed by atoms with Crippen molar-refractivity contribution >= 4 is 34.9 Å². The number of nitrogens with one attached hydrogen (secondary N) is 1. The number of hydrogen-bond donors (Lipinski definition) is 1. The Kier molecular flexibility index (Phi) is 4.72. The van der Waals surface area contributed by atoms with E-state index in [0.717, 1.165) is 0 Å². The fourth-order valence-electron chi connectivity index (χ4n) is 1.04. The summed E-state index contributed by atoms with van der Waals surface area (Å²) in [5.41, 5.74) is 0.716. The van der Waals surface area contributed by atoms with Gasteiger partial charge in [0.1, 0.15) is 0 Å². The summed E-state index contributed by atoms with van der Waals surface area (Å²) in [6, 6.07) is 5.29. The highest BCUT2D eigenvalue weighted by atomic mass is 35.5. The summed E-state index contributed by atoms with van der Waals surface area (Å²) in [7, 11) is 1.36. The van der Waals surface area contributed by atoms with Gasteiger partial charge in [-0.3, -0.25) is 4.79 Å². The Labute approximate surface area is 98.3 Å². The summed E-state index contributed by atoms with van der Waals surface area (Å²) in [6.45, 7) is 0.465. The first-order valence-electron chi connectivity index (χ1n) is 4.40. The molecule has 0 amide bonds. The van der Waals surface area contributed by atoms with Gasteiger partial charge in [-0.15, -0.1) is 0 Å². The van der Waals surface area contributed by atoms with Crippen LogP contribution >= 0.6 is 23.2 Å². The zero-order valence-corrected chi connectivity index (χ0v) is 9.73. The van der Waals surface area contributed by atoms with Gasteiger partial charge in [-0.25, -0.2) is 0 Å². The molecule has 0 atom stereocenters. The van der Waals surface area contributed by atoms with E-state index >= 15 is 0 Å². The van der Waals surface area contributed by atoms with E-state index in [4.69, 9.17) is 23.2 Å². The van der Waals surface area contributed by atoms with E-state index in [2.05, 4.69) is 10.1 Å². The molecule has 5 heteroatoms. The molecule has 0 aliphatic carbocycles. The number of anilines is 1. The van der Waals surface area contributed by atoms with Crippen LogP contribution in [0.2, 0.25) is 10.0 Å². The lowest BCUT2D eigenvalue weighted by Gasteiger charge is -2.08. The molecule has 0 saturated heterocycles. The number of ether oxygens (including phenoxy) is 1. The van der Waals surface area contributed by atoms with E-state index in [9.17, 15) is 4.79 Å². The average Bonchev–Trinajstić information content (AvgIpc) is 2.24. The molecule has 82 valence electrons. The van der Waals surface area contributed by atoms with E-state index in [0.29, 0.717) is 28.7 Å². The van der Waals surface area contributed by atoms with Crippen molar-refractivity contribution in [1.29, 1.82) is 0 Å². The molecule has 15 heavy (non-hydrogen) atoms. The van der Waals surface area contributed by atoms with Gasteiger partial charge < -0.3 is 10.1 Å². The number of esters is 1. The molecule has 0 unspecified atom stereocenters. The van der Waals surface area contributed by atoms with Crippen LogP contribution in [-0.2, 0) is 9.53 Å². The molecular formula is C10H11Cl2NO2. The number of hydrogen-bond acceptors (Lipinski definition) is 3. The quantitative estimate of drug-likeness (QED) is 0.832. The third kappa shape index (κ3) is 3.61. The van der Waals surface area contributed by atoms with Gasteiger partial charge in [-0.2, -0.15) is 0 Å². The van der Waals surface area contributed by atoms with E-state index in [1.54, 1.807) is 18.2 Å². The second-order valence-electron chi connectivity index (χ2n) is 2.85. The molecular weight excluding hydrogens is 237 g/mol. The number of rotatable bonds is 4. The Balaban J connectivity index is 2.51. The van der Waals surface area contributed by atoms with Gasteiger partial charge >= 0.3 is 5.97 Å². The molecule has 1 rings (SSSR count). The van der Waals surface area contributed by atoms with E-state index in [1.807, 2.05) is 0 Å². The van der Waals surface area contributed by atoms with Crippen molar-refractivity contribution in [1.82, 2.24) is 0 Å². The molecule has 0 bridgehead atoms. The normalized spacial score (nSPS) is 9.80. The third-order valence-corrected chi connectivity index (χ3v) is 2.64. The Bertz CT molecular complexity index is 355. The van der Waals surface area contributed by atoms with E-state index < -0.39 is 0 Å². The molecule has 0 aliphatic heterocycles. The zero-order chi connectivity index (χ0) is 11.3. The summed E-state index contributed by atoms with van der Waals surface area (Å²) < 4.78 is 4.50. The van der Waals surface area contributed by atoms with Crippen LogP contribution in [0.5, 0.6) is 0 Å². The largest absolute Gasteiger partial charge is 0.469 e. The van der Waals surface area contributed by atoms with Gasteiger partial charge in [-0.05, 0) is 12.1 Å². The van der Waals surface area contributed by atoms with E-state index in [1.165, 1.54) is 7.11 Å². The Morgan fingerprint density at radius 3 is 2.87 bits per heavy atom. The van der Waals surface area contributed by atoms with Crippen LogP contribution in [0.15, 0.2) is 18.2 Å². The number of carbonyl (C=O) groups is 1. The second kappa shape index (κ2) is 5.83. The smallest absolute Gasteiger partial charge is 0.307 e. The van der Waals surface area contributed by atoms with Crippen molar-refractivity contribution in [2.75, 3.05) is 19.0 Å². The lowest BCUT2D eigenvalue weighted by Crippen LogP contribution is -2.09. The van der Waals surface area contributed by atoms with Crippen LogP contribution in [0, 0.1) is 0 Å². The van der Waals surface area contributed by atoms with Crippen molar-refractivity contribution < 1.29 is 9.53 Å². The van der Waals surface area contributed by atoms with Crippen molar-refractivity contribution in [3.8, 4) is 0 Å². The average molecular weight is 248 g/mol. The molecule has 0 aromatic heterocycles. The first kappa shape index (κ1) is 12.1. The fourth-order valence-corrected chi connectivity index (χ4v) is 1.41. The predicted molar refractivity (Wildman–Crippen MR) is 61.6 cm³/mol. The zero-order valence-electron chi connectivity index (χ0n) is 8.22. The molecule has 1 aromatic carbocycles. The highest BCUT2D eigenvalue weighted by Gasteiger charge is 2.04. The second-order valence-corrected chi connectivity index (χ2v) is 3.64. The Hall–Kier alpha value is -0.930. The highest BCUT2D eigenvalue weighted by Crippen LogP contribution is 2.29.